The van der Waals surface area contributed by atoms with Crippen molar-refractivity contribution in [3.05, 3.63) is 47.7 Å². The number of carbonyl (C=O) groups excluding carboxylic acids is 2. The van der Waals surface area contributed by atoms with Crippen LogP contribution >= 0.6 is 0 Å². The van der Waals surface area contributed by atoms with Gasteiger partial charge < -0.3 is 9.64 Å². The average Bonchev–Trinajstić information content (AvgIpc) is 3.02. The number of fused-ring (bicyclic) bond motifs is 2. The van der Waals surface area contributed by atoms with Gasteiger partial charge in [-0.3, -0.25) is 14.6 Å². The molecule has 2 amide bonds. The number of carbonyl (C=O) groups is 2. The van der Waals surface area contributed by atoms with Gasteiger partial charge in [0.1, 0.15) is 0 Å². The fraction of sp³-hybridized carbons (Fsp3) is 0.583. The van der Waals surface area contributed by atoms with E-state index in [1.54, 1.807) is 6.92 Å². The molecular formula is C24H33N3O3. The highest BCUT2D eigenvalue weighted by atomic mass is 16.6. The van der Waals surface area contributed by atoms with Crippen molar-refractivity contribution in [3.8, 4) is 0 Å². The van der Waals surface area contributed by atoms with Gasteiger partial charge >= 0.3 is 6.09 Å². The van der Waals surface area contributed by atoms with Crippen LogP contribution in [-0.4, -0.2) is 64.5 Å². The summed E-state index contributed by atoms with van der Waals surface area (Å²) in [6.45, 7) is 6.62. The number of amides is 2. The molecule has 0 radical (unpaired) electrons. The molecule has 0 N–H and O–H groups in total. The molecule has 0 saturated carbocycles. The molecule has 2 saturated heterocycles. The van der Waals surface area contributed by atoms with Gasteiger partial charge in [0, 0.05) is 50.4 Å². The zero-order valence-electron chi connectivity index (χ0n) is 18.1. The van der Waals surface area contributed by atoms with Crippen LogP contribution in [0.5, 0.6) is 0 Å². The Morgan fingerprint density at radius 3 is 2.50 bits per heavy atom. The lowest BCUT2D eigenvalue weighted by atomic mass is 9.96. The summed E-state index contributed by atoms with van der Waals surface area (Å²) in [5.74, 6) is 0.153. The first-order chi connectivity index (χ1) is 14.6. The van der Waals surface area contributed by atoms with Crippen molar-refractivity contribution in [2.75, 3.05) is 19.7 Å². The van der Waals surface area contributed by atoms with E-state index in [1.807, 2.05) is 34.9 Å². The molecule has 0 spiro atoms. The lowest BCUT2D eigenvalue weighted by Crippen LogP contribution is -2.51. The third-order valence-corrected chi connectivity index (χ3v) is 6.78. The highest BCUT2D eigenvalue weighted by Crippen LogP contribution is 2.38. The molecule has 6 heteroatoms. The molecule has 3 heterocycles. The summed E-state index contributed by atoms with van der Waals surface area (Å²) in [6, 6.07) is 11.2. The lowest BCUT2D eigenvalue weighted by Gasteiger charge is -2.43. The molecule has 162 valence electrons. The molecule has 6 nitrogen and oxygen atoms in total. The molecule has 3 aliphatic rings. The average molecular weight is 412 g/mol. The maximum Gasteiger partial charge on any atom is 0.414 e. The van der Waals surface area contributed by atoms with Crippen molar-refractivity contribution in [1.82, 2.24) is 14.7 Å². The highest BCUT2D eigenvalue weighted by molar-refractivity contribution is 5.73. The van der Waals surface area contributed by atoms with Gasteiger partial charge in [0.15, 0.2) is 0 Å². The Morgan fingerprint density at radius 2 is 1.87 bits per heavy atom. The van der Waals surface area contributed by atoms with Crippen LogP contribution in [-0.2, 0) is 16.1 Å². The molecule has 0 aliphatic carbocycles. The van der Waals surface area contributed by atoms with Crippen LogP contribution in [0.25, 0.3) is 0 Å². The predicted octanol–water partition coefficient (Wildman–Crippen LogP) is 3.78. The molecule has 2 fully saturated rings. The minimum atomic E-state index is -0.193. The van der Waals surface area contributed by atoms with E-state index in [9.17, 15) is 9.59 Å². The molecule has 2 unspecified atom stereocenters. The Bertz CT molecular complexity index is 786. The third-order valence-electron chi connectivity index (χ3n) is 6.78. The summed E-state index contributed by atoms with van der Waals surface area (Å²) in [7, 11) is 0. The van der Waals surface area contributed by atoms with Gasteiger partial charge in [0.25, 0.3) is 0 Å². The summed E-state index contributed by atoms with van der Waals surface area (Å²) in [5, 5.41) is 0. The smallest absolute Gasteiger partial charge is 0.414 e. The standard InChI is InChI=1S/C24H33N3O3/c1-3-30-24(29)27-21-9-10-22(27)16-23(15-21)25-13-11-20(12-14-25)26(18(2)28)17-19-7-5-4-6-8-19/h4-8,15,20,22-23H,3,9-14,16-17H2,1-2H3. The summed E-state index contributed by atoms with van der Waals surface area (Å²) in [6.07, 6.45) is 7.07. The van der Waals surface area contributed by atoms with Crippen LogP contribution in [0.15, 0.2) is 42.1 Å². The zero-order valence-corrected chi connectivity index (χ0v) is 18.1. The maximum atomic E-state index is 12.3. The highest BCUT2D eigenvalue weighted by Gasteiger charge is 2.41. The molecule has 0 aromatic heterocycles. The van der Waals surface area contributed by atoms with Crippen molar-refractivity contribution in [3.63, 3.8) is 0 Å². The number of likely N-dealkylation sites (tertiary alicyclic amines) is 1. The van der Waals surface area contributed by atoms with E-state index in [0.717, 1.165) is 50.9 Å². The lowest BCUT2D eigenvalue weighted by molar-refractivity contribution is -0.133. The van der Waals surface area contributed by atoms with E-state index in [-0.39, 0.29) is 18.0 Å². The van der Waals surface area contributed by atoms with Crippen LogP contribution in [0.1, 0.15) is 51.5 Å². The van der Waals surface area contributed by atoms with Crippen molar-refractivity contribution < 1.29 is 14.3 Å². The van der Waals surface area contributed by atoms with Crippen LogP contribution < -0.4 is 0 Å². The van der Waals surface area contributed by atoms with Gasteiger partial charge in [0.2, 0.25) is 5.91 Å². The van der Waals surface area contributed by atoms with Crippen LogP contribution in [0.4, 0.5) is 4.79 Å². The number of hydrogen-bond donors (Lipinski definition) is 0. The van der Waals surface area contributed by atoms with Crippen molar-refractivity contribution in [2.24, 2.45) is 0 Å². The molecule has 2 bridgehead atoms. The fourth-order valence-corrected chi connectivity index (χ4v) is 5.27. The topological polar surface area (TPSA) is 53.1 Å². The largest absolute Gasteiger partial charge is 0.449 e. The van der Waals surface area contributed by atoms with Crippen molar-refractivity contribution in [2.45, 2.75) is 70.6 Å². The molecule has 2 atom stereocenters. The molecule has 4 rings (SSSR count). The Hall–Kier alpha value is -2.34. The second kappa shape index (κ2) is 9.21. The minimum absolute atomic E-state index is 0.153. The number of allylic oxidation sites excluding steroid dienone is 1. The predicted molar refractivity (Wildman–Crippen MR) is 116 cm³/mol. The number of benzene rings is 1. The van der Waals surface area contributed by atoms with Crippen LogP contribution in [0.3, 0.4) is 0 Å². The summed E-state index contributed by atoms with van der Waals surface area (Å²) >= 11 is 0. The SMILES string of the molecule is CCOC(=O)N1C2=CC(N3CCC(N(Cc4ccccc4)C(C)=O)CC3)CC1CC2. The quantitative estimate of drug-likeness (QED) is 0.740. The van der Waals surface area contributed by atoms with Gasteiger partial charge in [-0.2, -0.15) is 0 Å². The summed E-state index contributed by atoms with van der Waals surface area (Å²) in [4.78, 5) is 31.1. The first-order valence-corrected chi connectivity index (χ1v) is 11.3. The summed E-state index contributed by atoms with van der Waals surface area (Å²) < 4.78 is 5.25. The Morgan fingerprint density at radius 1 is 1.13 bits per heavy atom. The maximum absolute atomic E-state index is 12.3. The Kier molecular flexibility index (Phi) is 6.42. The summed E-state index contributed by atoms with van der Waals surface area (Å²) in [5.41, 5.74) is 2.31. The van der Waals surface area contributed by atoms with Crippen LogP contribution in [0, 0.1) is 0 Å². The fourth-order valence-electron chi connectivity index (χ4n) is 5.27. The van der Waals surface area contributed by atoms with Gasteiger partial charge in [-0.1, -0.05) is 30.3 Å². The van der Waals surface area contributed by atoms with E-state index >= 15 is 0 Å². The first-order valence-electron chi connectivity index (χ1n) is 11.3. The third kappa shape index (κ3) is 4.38. The monoisotopic (exact) mass is 411 g/mol. The number of rotatable bonds is 5. The van der Waals surface area contributed by atoms with E-state index < -0.39 is 0 Å². The molecule has 3 aliphatic heterocycles. The van der Waals surface area contributed by atoms with E-state index in [4.69, 9.17) is 4.74 Å². The van der Waals surface area contributed by atoms with E-state index in [1.165, 1.54) is 5.56 Å². The van der Waals surface area contributed by atoms with Crippen molar-refractivity contribution >= 4 is 12.0 Å². The molecule has 1 aromatic carbocycles. The molecule has 1 aromatic rings. The van der Waals surface area contributed by atoms with Gasteiger partial charge in [-0.15, -0.1) is 0 Å². The second-order valence-electron chi connectivity index (χ2n) is 8.62. The molecule has 30 heavy (non-hydrogen) atoms. The Balaban J connectivity index is 1.36. The first kappa shape index (κ1) is 20.9. The molecular weight excluding hydrogens is 378 g/mol. The number of hydrogen-bond acceptors (Lipinski definition) is 4. The number of nitrogens with zero attached hydrogens (tertiary/aromatic N) is 3. The normalized spacial score (nSPS) is 24.5. The minimum Gasteiger partial charge on any atom is -0.449 e. The van der Waals surface area contributed by atoms with Gasteiger partial charge in [-0.05, 0) is 50.7 Å². The second-order valence-corrected chi connectivity index (χ2v) is 8.62. The van der Waals surface area contributed by atoms with E-state index in [2.05, 4.69) is 23.1 Å². The van der Waals surface area contributed by atoms with Gasteiger partial charge in [0.05, 0.1) is 6.61 Å². The number of ether oxygens (including phenoxy) is 1. The Labute approximate surface area is 179 Å². The van der Waals surface area contributed by atoms with Gasteiger partial charge in [-0.25, -0.2) is 4.79 Å². The number of piperidine rings is 1. The van der Waals surface area contributed by atoms with Crippen LogP contribution in [0.2, 0.25) is 0 Å². The van der Waals surface area contributed by atoms with E-state index in [0.29, 0.717) is 25.2 Å². The van der Waals surface area contributed by atoms with Crippen molar-refractivity contribution in [1.29, 1.82) is 0 Å². The zero-order chi connectivity index (χ0) is 21.1.